The second kappa shape index (κ2) is 6.68. The summed E-state index contributed by atoms with van der Waals surface area (Å²) in [5.41, 5.74) is -0.0985. The van der Waals surface area contributed by atoms with Gasteiger partial charge in [0.2, 0.25) is 11.8 Å². The standard InChI is InChI=1S/C14H22N2O4S/c1-16(7-11(17)15-10-2-3-10)12(18)8-21-9-14(4-5-14)6-13(19)20/h10H,2-9H2,1H3,(H,15,17)(H,19,20). The van der Waals surface area contributed by atoms with E-state index in [9.17, 15) is 14.4 Å². The van der Waals surface area contributed by atoms with Gasteiger partial charge in [0.1, 0.15) is 0 Å². The molecule has 0 spiro atoms. The number of thioether (sulfide) groups is 1. The molecule has 0 atom stereocenters. The molecule has 0 aromatic carbocycles. The zero-order chi connectivity index (χ0) is 15.5. The number of likely N-dealkylation sites (N-methyl/N-ethyl adjacent to an activating group) is 1. The molecule has 6 nitrogen and oxygen atoms in total. The number of carboxylic acids is 1. The minimum atomic E-state index is -0.770. The predicted octanol–water partition coefficient (Wildman–Crippen LogP) is 0.711. The molecular formula is C14H22N2O4S. The van der Waals surface area contributed by atoms with Crippen LogP contribution in [0.15, 0.2) is 0 Å². The molecule has 2 aliphatic rings. The first-order chi connectivity index (χ1) is 9.90. The van der Waals surface area contributed by atoms with E-state index in [1.54, 1.807) is 7.05 Å². The summed E-state index contributed by atoms with van der Waals surface area (Å²) >= 11 is 1.47. The van der Waals surface area contributed by atoms with Gasteiger partial charge in [-0.15, -0.1) is 0 Å². The zero-order valence-electron chi connectivity index (χ0n) is 12.3. The van der Waals surface area contributed by atoms with Crippen molar-refractivity contribution in [3.63, 3.8) is 0 Å². The third-order valence-corrected chi connectivity index (χ3v) is 5.13. The van der Waals surface area contributed by atoms with Crippen LogP contribution in [0.5, 0.6) is 0 Å². The van der Waals surface area contributed by atoms with Gasteiger partial charge in [-0.1, -0.05) is 0 Å². The first kappa shape index (κ1) is 16.1. The van der Waals surface area contributed by atoms with E-state index in [0.717, 1.165) is 25.7 Å². The number of nitrogens with one attached hydrogen (secondary N) is 1. The lowest BCUT2D eigenvalue weighted by molar-refractivity contribution is -0.138. The Labute approximate surface area is 128 Å². The lowest BCUT2D eigenvalue weighted by atomic mass is 10.1. The highest BCUT2D eigenvalue weighted by atomic mass is 32.2. The van der Waals surface area contributed by atoms with Gasteiger partial charge in [-0.2, -0.15) is 11.8 Å². The maximum atomic E-state index is 11.9. The Hall–Kier alpha value is -1.24. The van der Waals surface area contributed by atoms with Crippen molar-refractivity contribution in [1.82, 2.24) is 10.2 Å². The summed E-state index contributed by atoms with van der Waals surface area (Å²) in [4.78, 5) is 35.7. The highest BCUT2D eigenvalue weighted by Gasteiger charge is 2.44. The smallest absolute Gasteiger partial charge is 0.303 e. The first-order valence-corrected chi connectivity index (χ1v) is 8.39. The third-order valence-electron chi connectivity index (χ3n) is 3.87. The fraction of sp³-hybridized carbons (Fsp3) is 0.786. The van der Waals surface area contributed by atoms with E-state index >= 15 is 0 Å². The number of hydrogen-bond donors (Lipinski definition) is 2. The van der Waals surface area contributed by atoms with E-state index in [4.69, 9.17) is 5.11 Å². The summed E-state index contributed by atoms with van der Waals surface area (Å²) in [5, 5.41) is 11.7. The second-order valence-corrected chi connectivity index (χ2v) is 7.14. The number of carbonyl (C=O) groups excluding carboxylic acids is 2. The van der Waals surface area contributed by atoms with Crippen molar-refractivity contribution in [2.24, 2.45) is 5.41 Å². The number of carbonyl (C=O) groups is 3. The summed E-state index contributed by atoms with van der Waals surface area (Å²) in [6.45, 7) is 0.0934. The molecule has 2 fully saturated rings. The number of nitrogens with zero attached hydrogens (tertiary/aromatic N) is 1. The van der Waals surface area contributed by atoms with Crippen molar-refractivity contribution in [2.45, 2.75) is 38.1 Å². The van der Waals surface area contributed by atoms with E-state index in [1.165, 1.54) is 16.7 Å². The highest BCUT2D eigenvalue weighted by Crippen LogP contribution is 2.50. The fourth-order valence-electron chi connectivity index (χ4n) is 2.14. The molecule has 0 aliphatic heterocycles. The molecule has 0 radical (unpaired) electrons. The molecule has 0 unspecified atom stereocenters. The summed E-state index contributed by atoms with van der Waals surface area (Å²) in [6.07, 6.45) is 4.11. The van der Waals surface area contributed by atoms with Gasteiger partial charge >= 0.3 is 5.97 Å². The molecule has 2 N–H and O–H groups in total. The minimum absolute atomic E-state index is 0.0860. The van der Waals surface area contributed by atoms with Crippen molar-refractivity contribution in [1.29, 1.82) is 0 Å². The highest BCUT2D eigenvalue weighted by molar-refractivity contribution is 7.99. The van der Waals surface area contributed by atoms with Crippen LogP contribution < -0.4 is 5.32 Å². The maximum Gasteiger partial charge on any atom is 0.303 e. The number of amides is 2. The normalized spacial score (nSPS) is 18.9. The van der Waals surface area contributed by atoms with E-state index in [1.807, 2.05) is 0 Å². The number of rotatable bonds is 9. The predicted molar refractivity (Wildman–Crippen MR) is 80.0 cm³/mol. The molecule has 0 aromatic rings. The maximum absolute atomic E-state index is 11.9. The van der Waals surface area contributed by atoms with E-state index in [2.05, 4.69) is 5.32 Å². The van der Waals surface area contributed by atoms with Gasteiger partial charge in [-0.25, -0.2) is 0 Å². The quantitative estimate of drug-likeness (QED) is 0.654. The lowest BCUT2D eigenvalue weighted by Crippen LogP contribution is -2.39. The van der Waals surface area contributed by atoms with Crippen LogP contribution in [0.2, 0.25) is 0 Å². The molecular weight excluding hydrogens is 292 g/mol. The van der Waals surface area contributed by atoms with Crippen molar-refractivity contribution in [2.75, 3.05) is 25.1 Å². The summed E-state index contributed by atoms with van der Waals surface area (Å²) in [6, 6.07) is 0.307. The average Bonchev–Trinajstić information content (AvgIpc) is 3.27. The van der Waals surface area contributed by atoms with Gasteiger partial charge in [0, 0.05) is 13.1 Å². The number of carboxylic acid groups (broad SMARTS) is 1. The van der Waals surface area contributed by atoms with Gasteiger partial charge in [-0.05, 0) is 36.9 Å². The summed E-state index contributed by atoms with van der Waals surface area (Å²) < 4.78 is 0. The SMILES string of the molecule is CN(CC(=O)NC1CC1)C(=O)CSCC1(CC(=O)O)CC1. The Kier molecular flexibility index (Phi) is 5.13. The van der Waals surface area contributed by atoms with E-state index < -0.39 is 5.97 Å². The van der Waals surface area contributed by atoms with Crippen LogP contribution in [0.4, 0.5) is 0 Å². The molecule has 2 amide bonds. The van der Waals surface area contributed by atoms with Crippen LogP contribution in [0.1, 0.15) is 32.1 Å². The van der Waals surface area contributed by atoms with Gasteiger partial charge in [-0.3, -0.25) is 14.4 Å². The Morgan fingerprint density at radius 3 is 2.52 bits per heavy atom. The van der Waals surface area contributed by atoms with Crippen molar-refractivity contribution < 1.29 is 19.5 Å². The zero-order valence-corrected chi connectivity index (χ0v) is 13.1. The largest absolute Gasteiger partial charge is 0.481 e. The Morgan fingerprint density at radius 2 is 2.00 bits per heavy atom. The molecule has 2 saturated carbocycles. The van der Waals surface area contributed by atoms with E-state index in [-0.39, 0.29) is 30.2 Å². The van der Waals surface area contributed by atoms with Gasteiger partial charge < -0.3 is 15.3 Å². The molecule has 118 valence electrons. The lowest BCUT2D eigenvalue weighted by Gasteiger charge is -2.17. The van der Waals surface area contributed by atoms with Crippen molar-refractivity contribution in [3.8, 4) is 0 Å². The number of hydrogen-bond acceptors (Lipinski definition) is 4. The van der Waals surface area contributed by atoms with Crippen molar-refractivity contribution in [3.05, 3.63) is 0 Å². The molecule has 2 aliphatic carbocycles. The molecule has 0 aromatic heterocycles. The van der Waals surface area contributed by atoms with E-state index in [0.29, 0.717) is 17.5 Å². The van der Waals surface area contributed by atoms with Gasteiger partial charge in [0.15, 0.2) is 0 Å². The van der Waals surface area contributed by atoms with Crippen LogP contribution in [0, 0.1) is 5.41 Å². The first-order valence-electron chi connectivity index (χ1n) is 7.23. The Bertz CT molecular complexity index is 433. The minimum Gasteiger partial charge on any atom is -0.481 e. The molecule has 2 rings (SSSR count). The second-order valence-electron chi connectivity index (χ2n) is 6.15. The van der Waals surface area contributed by atoms with Gasteiger partial charge in [0.25, 0.3) is 0 Å². The van der Waals surface area contributed by atoms with Crippen molar-refractivity contribution >= 4 is 29.5 Å². The van der Waals surface area contributed by atoms with Crippen LogP contribution in [-0.2, 0) is 14.4 Å². The topological polar surface area (TPSA) is 86.7 Å². The Balaban J connectivity index is 1.62. The van der Waals surface area contributed by atoms with Crippen LogP contribution in [-0.4, -0.2) is 58.9 Å². The van der Waals surface area contributed by atoms with Gasteiger partial charge in [0.05, 0.1) is 18.7 Å². The molecule has 7 heteroatoms. The summed E-state index contributed by atoms with van der Waals surface area (Å²) in [7, 11) is 1.62. The fourth-order valence-corrected chi connectivity index (χ4v) is 3.46. The Morgan fingerprint density at radius 1 is 1.33 bits per heavy atom. The van der Waals surface area contributed by atoms with Crippen LogP contribution in [0.25, 0.3) is 0 Å². The van der Waals surface area contributed by atoms with Crippen LogP contribution in [0.3, 0.4) is 0 Å². The summed E-state index contributed by atoms with van der Waals surface area (Å²) in [5.74, 6) is 0.0371. The molecule has 0 heterocycles. The monoisotopic (exact) mass is 314 g/mol. The number of aliphatic carboxylic acids is 1. The molecule has 0 bridgehead atoms. The van der Waals surface area contributed by atoms with Crippen LogP contribution >= 0.6 is 11.8 Å². The third kappa shape index (κ3) is 5.57. The molecule has 0 saturated heterocycles. The average molecular weight is 314 g/mol. The molecule has 21 heavy (non-hydrogen) atoms.